The van der Waals surface area contributed by atoms with E-state index in [-0.39, 0.29) is 41.8 Å². The van der Waals surface area contributed by atoms with E-state index in [1.165, 1.54) is 25.9 Å². The molecule has 2 heterocycles. The molecule has 0 aromatic heterocycles. The van der Waals surface area contributed by atoms with Gasteiger partial charge >= 0.3 is 0 Å². The SMILES string of the molecule is COc1cc(C2C3=CCC4C(=O)N(c5ccc(C(C)=O)cc5)C(=O)C4C3CC3C(=O)N(c4ccc(C(C)=O)cc4)C(=O)C32)c(Br)c(Br)c1O. The van der Waals surface area contributed by atoms with Gasteiger partial charge in [0.05, 0.1) is 46.6 Å². The zero-order valence-electron chi connectivity index (χ0n) is 26.6. The number of allylic oxidation sites excluding steroid dienone is 2. The average molecular weight is 790 g/mol. The second-order valence-corrected chi connectivity index (χ2v) is 14.5. The Kier molecular flexibility index (Phi) is 8.22. The van der Waals surface area contributed by atoms with E-state index in [9.17, 15) is 33.9 Å². The number of carbonyl (C=O) groups is 6. The Morgan fingerprint density at radius 1 is 0.735 bits per heavy atom. The molecule has 250 valence electrons. The molecule has 0 spiro atoms. The van der Waals surface area contributed by atoms with Gasteiger partial charge in [-0.3, -0.25) is 38.6 Å². The van der Waals surface area contributed by atoms with E-state index in [0.29, 0.717) is 37.0 Å². The Balaban J connectivity index is 1.35. The van der Waals surface area contributed by atoms with Crippen molar-refractivity contribution in [2.75, 3.05) is 16.9 Å². The molecule has 1 N–H and O–H groups in total. The normalized spacial score (nSPS) is 25.9. The molecule has 1 saturated carbocycles. The Labute approximate surface area is 298 Å². The van der Waals surface area contributed by atoms with Crippen LogP contribution in [0.2, 0.25) is 0 Å². The van der Waals surface area contributed by atoms with Crippen LogP contribution >= 0.6 is 31.9 Å². The molecular formula is C37H30Br2N2O8. The van der Waals surface area contributed by atoms with Crippen molar-refractivity contribution in [3.8, 4) is 11.5 Å². The lowest BCUT2D eigenvalue weighted by molar-refractivity contribution is -0.126. The summed E-state index contributed by atoms with van der Waals surface area (Å²) < 4.78 is 6.24. The van der Waals surface area contributed by atoms with E-state index >= 15 is 0 Å². The summed E-state index contributed by atoms with van der Waals surface area (Å²) in [7, 11) is 1.41. The monoisotopic (exact) mass is 788 g/mol. The molecular weight excluding hydrogens is 760 g/mol. The molecule has 0 bridgehead atoms. The first kappa shape index (κ1) is 33.1. The van der Waals surface area contributed by atoms with Gasteiger partial charge in [0.1, 0.15) is 0 Å². The van der Waals surface area contributed by atoms with Gasteiger partial charge in [-0.1, -0.05) is 11.6 Å². The number of Topliss-reactive ketones (excluding diaryl/α,β-unsaturated/α-hetero) is 2. The van der Waals surface area contributed by atoms with E-state index in [1.54, 1.807) is 54.6 Å². The Hall–Kier alpha value is -4.42. The fourth-order valence-electron chi connectivity index (χ4n) is 8.13. The van der Waals surface area contributed by atoms with Gasteiger partial charge in [-0.05, 0) is 125 Å². The first-order chi connectivity index (χ1) is 23.3. The highest BCUT2D eigenvalue weighted by Gasteiger charge is 2.62. The zero-order chi connectivity index (χ0) is 35.0. The molecule has 3 aromatic rings. The van der Waals surface area contributed by atoms with E-state index in [1.807, 2.05) is 6.08 Å². The quantitative estimate of drug-likeness (QED) is 0.173. The summed E-state index contributed by atoms with van der Waals surface area (Å²) in [6, 6.07) is 14.3. The summed E-state index contributed by atoms with van der Waals surface area (Å²) in [5.74, 6) is -6.29. The fourth-order valence-corrected chi connectivity index (χ4v) is 9.10. The van der Waals surface area contributed by atoms with Crippen molar-refractivity contribution < 1.29 is 38.6 Å². The molecule has 2 saturated heterocycles. The fraction of sp³-hybridized carbons (Fsp3) is 0.297. The molecule has 2 aliphatic heterocycles. The van der Waals surface area contributed by atoms with Crippen molar-refractivity contribution in [1.82, 2.24) is 0 Å². The minimum atomic E-state index is -0.862. The van der Waals surface area contributed by atoms with Crippen molar-refractivity contribution in [2.24, 2.45) is 29.6 Å². The van der Waals surface area contributed by atoms with Gasteiger partial charge < -0.3 is 9.84 Å². The number of halogens is 2. The number of ether oxygens (including phenoxy) is 1. The molecule has 7 rings (SSSR count). The van der Waals surface area contributed by atoms with Crippen molar-refractivity contribution in [3.63, 3.8) is 0 Å². The van der Waals surface area contributed by atoms with Crippen LogP contribution in [0.5, 0.6) is 11.5 Å². The number of benzene rings is 3. The largest absolute Gasteiger partial charge is 0.503 e. The van der Waals surface area contributed by atoms with E-state index < -0.39 is 53.2 Å². The number of hydrogen-bond donors (Lipinski definition) is 1. The third-order valence-corrected chi connectivity index (χ3v) is 12.6. The third-order valence-electron chi connectivity index (χ3n) is 10.4. The highest BCUT2D eigenvalue weighted by molar-refractivity contribution is 9.13. The Bertz CT molecular complexity index is 2020. The van der Waals surface area contributed by atoms with Gasteiger partial charge in [0, 0.05) is 21.5 Å². The van der Waals surface area contributed by atoms with Gasteiger partial charge in [-0.2, -0.15) is 0 Å². The maximum absolute atomic E-state index is 14.5. The molecule has 0 radical (unpaired) electrons. The predicted octanol–water partition coefficient (Wildman–Crippen LogP) is 6.38. The van der Waals surface area contributed by atoms with Crippen molar-refractivity contribution in [1.29, 1.82) is 0 Å². The van der Waals surface area contributed by atoms with Crippen LogP contribution in [0.25, 0.3) is 0 Å². The predicted molar refractivity (Wildman–Crippen MR) is 185 cm³/mol. The van der Waals surface area contributed by atoms with Crippen LogP contribution in [-0.2, 0) is 19.2 Å². The van der Waals surface area contributed by atoms with Crippen LogP contribution in [-0.4, -0.2) is 47.4 Å². The average Bonchev–Trinajstić information content (AvgIpc) is 3.50. The van der Waals surface area contributed by atoms with Crippen LogP contribution in [0.4, 0.5) is 11.4 Å². The molecule has 6 unspecified atom stereocenters. The molecule has 2 aliphatic carbocycles. The smallest absolute Gasteiger partial charge is 0.238 e. The molecule has 49 heavy (non-hydrogen) atoms. The van der Waals surface area contributed by atoms with E-state index in [2.05, 4.69) is 31.9 Å². The molecule has 10 nitrogen and oxygen atoms in total. The van der Waals surface area contributed by atoms with Crippen LogP contribution < -0.4 is 14.5 Å². The molecule has 4 amide bonds. The summed E-state index contributed by atoms with van der Waals surface area (Å²) in [5.41, 5.74) is 2.94. The van der Waals surface area contributed by atoms with E-state index in [0.717, 1.165) is 10.5 Å². The van der Waals surface area contributed by atoms with Crippen molar-refractivity contribution >= 4 is 78.4 Å². The summed E-state index contributed by atoms with van der Waals surface area (Å²) in [5, 5.41) is 10.8. The summed E-state index contributed by atoms with van der Waals surface area (Å²) >= 11 is 7.05. The van der Waals surface area contributed by atoms with Crippen LogP contribution in [0.15, 0.2) is 75.2 Å². The highest BCUT2D eigenvalue weighted by Crippen LogP contribution is 2.60. The number of amides is 4. The van der Waals surface area contributed by atoms with E-state index in [4.69, 9.17) is 4.74 Å². The van der Waals surface area contributed by atoms with Gasteiger partial charge in [-0.15, -0.1) is 0 Å². The van der Waals surface area contributed by atoms with Crippen LogP contribution in [0.3, 0.4) is 0 Å². The number of hydrogen-bond acceptors (Lipinski definition) is 8. The number of imide groups is 2. The second kappa shape index (κ2) is 12.2. The molecule has 4 aliphatic rings. The van der Waals surface area contributed by atoms with Gasteiger partial charge in [0.15, 0.2) is 23.1 Å². The second-order valence-electron chi connectivity index (χ2n) is 12.9. The zero-order valence-corrected chi connectivity index (χ0v) is 29.8. The summed E-state index contributed by atoms with van der Waals surface area (Å²) in [4.78, 5) is 83.1. The number of ketones is 2. The number of methoxy groups -OCH3 is 1. The Morgan fingerprint density at radius 2 is 1.24 bits per heavy atom. The molecule has 3 aromatic carbocycles. The van der Waals surface area contributed by atoms with Crippen molar-refractivity contribution in [3.05, 3.63) is 91.9 Å². The number of nitrogens with zero attached hydrogens (tertiary/aromatic N) is 2. The van der Waals surface area contributed by atoms with Gasteiger partial charge in [0.2, 0.25) is 23.6 Å². The van der Waals surface area contributed by atoms with Gasteiger partial charge in [-0.25, -0.2) is 0 Å². The topological polar surface area (TPSA) is 138 Å². The minimum Gasteiger partial charge on any atom is -0.503 e. The van der Waals surface area contributed by atoms with Crippen LogP contribution in [0.1, 0.15) is 58.9 Å². The molecule has 12 heteroatoms. The molecule has 6 atom stereocenters. The summed E-state index contributed by atoms with van der Waals surface area (Å²) in [6.45, 7) is 2.87. The molecule has 3 fully saturated rings. The number of aromatic hydroxyl groups is 1. The first-order valence-electron chi connectivity index (χ1n) is 15.8. The van der Waals surface area contributed by atoms with Gasteiger partial charge in [0.25, 0.3) is 0 Å². The number of rotatable bonds is 6. The first-order valence-corrected chi connectivity index (χ1v) is 17.4. The van der Waals surface area contributed by atoms with Crippen molar-refractivity contribution in [2.45, 2.75) is 32.6 Å². The Morgan fingerprint density at radius 3 is 1.76 bits per heavy atom. The van der Waals surface area contributed by atoms with Crippen LogP contribution in [0, 0.1) is 29.6 Å². The maximum atomic E-state index is 14.5. The number of phenols is 1. The standard InChI is InChI=1S/C37H30Br2N2O8/c1-16(42)18-4-8-20(9-5-18)40-34(45)23-13-12-22-24(29(23)36(40)47)14-26-30(28(22)25-15-27(49-3)33(44)32(39)31(25)38)37(48)41(35(26)46)21-10-6-19(7-11-21)17(2)43/h4-12,15,23-24,26,28-30,44H,13-14H2,1-3H3. The maximum Gasteiger partial charge on any atom is 0.238 e. The lowest BCUT2D eigenvalue weighted by Gasteiger charge is -2.44. The number of anilines is 2. The minimum absolute atomic E-state index is 0.140. The number of phenolic OH excluding ortho intramolecular Hbond substituents is 1. The third kappa shape index (κ3) is 5.01. The lowest BCUT2D eigenvalue weighted by Crippen LogP contribution is -2.43. The highest BCUT2D eigenvalue weighted by atomic mass is 79.9. The number of fused-ring (bicyclic) bond motifs is 4. The number of carbonyl (C=O) groups excluding carboxylic acids is 6. The summed E-state index contributed by atoms with van der Waals surface area (Å²) in [6.07, 6.45) is 2.36. The lowest BCUT2D eigenvalue weighted by atomic mass is 9.57.